The Balaban J connectivity index is 1.11. The lowest BCUT2D eigenvalue weighted by Gasteiger charge is -2.27. The second-order valence-electron chi connectivity index (χ2n) is 7.27. The van der Waals surface area contributed by atoms with Crippen LogP contribution in [0.2, 0.25) is 0 Å². The van der Waals surface area contributed by atoms with Crippen LogP contribution in [0.4, 0.5) is 5.13 Å². The fourth-order valence-electron chi connectivity index (χ4n) is 4.02. The number of aromatic amines is 1. The number of nitrogens with one attached hydrogen (secondary N) is 2. The number of aromatic nitrogens is 2. The van der Waals surface area contributed by atoms with Crippen molar-refractivity contribution in [2.75, 3.05) is 25.0 Å². The number of nitrogens with zero attached hydrogens (tertiary/aromatic N) is 2. The van der Waals surface area contributed by atoms with Crippen molar-refractivity contribution >= 4 is 37.6 Å². The van der Waals surface area contributed by atoms with Crippen LogP contribution in [0.5, 0.6) is 0 Å². The Morgan fingerprint density at radius 3 is 2.93 bits per heavy atom. The van der Waals surface area contributed by atoms with E-state index in [1.807, 2.05) is 6.07 Å². The van der Waals surface area contributed by atoms with Gasteiger partial charge in [0.25, 0.3) is 0 Å². The van der Waals surface area contributed by atoms with Gasteiger partial charge in [-0.1, -0.05) is 41.7 Å². The molecule has 138 valence electrons. The molecule has 0 saturated heterocycles. The normalized spacial score (nSPS) is 14.7. The zero-order valence-corrected chi connectivity index (χ0v) is 16.2. The Bertz CT molecular complexity index is 1030. The first-order valence-electron chi connectivity index (χ1n) is 9.77. The maximum absolute atomic E-state index is 4.64. The Morgan fingerprint density at radius 2 is 1.96 bits per heavy atom. The summed E-state index contributed by atoms with van der Waals surface area (Å²) in [6, 6.07) is 17.0. The van der Waals surface area contributed by atoms with Crippen LogP contribution in [0.3, 0.4) is 0 Å². The number of para-hydroxylation sites is 2. The van der Waals surface area contributed by atoms with E-state index in [2.05, 4.69) is 62.6 Å². The number of fused-ring (bicyclic) bond motifs is 4. The van der Waals surface area contributed by atoms with Gasteiger partial charge in [0.05, 0.1) is 10.2 Å². The van der Waals surface area contributed by atoms with Gasteiger partial charge in [-0.05, 0) is 43.1 Å². The topological polar surface area (TPSA) is 44.0 Å². The van der Waals surface area contributed by atoms with Gasteiger partial charge in [-0.3, -0.25) is 4.90 Å². The molecule has 0 spiro atoms. The van der Waals surface area contributed by atoms with Gasteiger partial charge in [0.15, 0.2) is 5.13 Å². The summed E-state index contributed by atoms with van der Waals surface area (Å²) in [4.78, 5) is 10.8. The highest BCUT2D eigenvalue weighted by Crippen LogP contribution is 2.28. The van der Waals surface area contributed by atoms with E-state index in [0.717, 1.165) is 36.7 Å². The maximum Gasteiger partial charge on any atom is 0.183 e. The number of benzene rings is 2. The largest absolute Gasteiger partial charge is 0.361 e. The molecule has 0 bridgehead atoms. The van der Waals surface area contributed by atoms with Gasteiger partial charge in [0, 0.05) is 42.7 Å². The van der Waals surface area contributed by atoms with Crippen molar-refractivity contribution in [3.8, 4) is 0 Å². The Labute approximate surface area is 163 Å². The molecule has 0 amide bonds. The molecule has 0 unspecified atom stereocenters. The number of rotatable bonds is 6. The molecule has 2 N–H and O–H groups in total. The molecule has 0 radical (unpaired) electrons. The molecule has 1 aliphatic rings. The van der Waals surface area contributed by atoms with E-state index in [1.54, 1.807) is 11.3 Å². The molecule has 0 saturated carbocycles. The molecule has 3 heterocycles. The number of thiazole rings is 1. The van der Waals surface area contributed by atoms with Crippen molar-refractivity contribution in [1.29, 1.82) is 0 Å². The molecular weight excluding hydrogens is 352 g/mol. The number of hydrogen-bond acceptors (Lipinski definition) is 4. The van der Waals surface area contributed by atoms with Gasteiger partial charge in [0.1, 0.15) is 0 Å². The van der Waals surface area contributed by atoms with Gasteiger partial charge in [-0.25, -0.2) is 4.98 Å². The molecule has 0 aliphatic carbocycles. The van der Waals surface area contributed by atoms with E-state index >= 15 is 0 Å². The zero-order valence-electron chi connectivity index (χ0n) is 15.4. The average molecular weight is 377 g/mol. The zero-order chi connectivity index (χ0) is 18.1. The fourth-order valence-corrected chi connectivity index (χ4v) is 4.91. The molecule has 5 heteroatoms. The summed E-state index contributed by atoms with van der Waals surface area (Å²) >= 11 is 1.74. The molecule has 5 rings (SSSR count). The van der Waals surface area contributed by atoms with Crippen LogP contribution in [-0.2, 0) is 13.0 Å². The highest BCUT2D eigenvalue weighted by Gasteiger charge is 2.19. The summed E-state index contributed by atoms with van der Waals surface area (Å²) in [7, 11) is 0. The molecule has 27 heavy (non-hydrogen) atoms. The molecule has 1 aliphatic heterocycles. The van der Waals surface area contributed by atoms with Crippen molar-refractivity contribution in [1.82, 2.24) is 14.9 Å². The van der Waals surface area contributed by atoms with Gasteiger partial charge in [-0.15, -0.1) is 0 Å². The van der Waals surface area contributed by atoms with Crippen LogP contribution < -0.4 is 5.32 Å². The highest BCUT2D eigenvalue weighted by molar-refractivity contribution is 7.22. The van der Waals surface area contributed by atoms with E-state index in [-0.39, 0.29) is 0 Å². The fraction of sp³-hybridized carbons (Fsp3) is 0.318. The lowest BCUT2D eigenvalue weighted by Crippen LogP contribution is -2.31. The second kappa shape index (κ2) is 7.33. The third-order valence-corrected chi connectivity index (χ3v) is 6.43. The van der Waals surface area contributed by atoms with Crippen LogP contribution in [-0.4, -0.2) is 34.5 Å². The lowest BCUT2D eigenvalue weighted by molar-refractivity contribution is 0.250. The number of anilines is 1. The van der Waals surface area contributed by atoms with Crippen LogP contribution in [0, 0.1) is 0 Å². The minimum atomic E-state index is 0.992. The van der Waals surface area contributed by atoms with Crippen molar-refractivity contribution in [3.05, 3.63) is 59.8 Å². The van der Waals surface area contributed by atoms with E-state index in [0.29, 0.717) is 0 Å². The number of H-pyrrole nitrogens is 1. The molecule has 0 atom stereocenters. The SMILES string of the molecule is c1ccc2sc(NCCCCN3CCc4[nH]c5ccccc5c4C3)nc2c1. The minimum absolute atomic E-state index is 0.992. The van der Waals surface area contributed by atoms with E-state index < -0.39 is 0 Å². The van der Waals surface area contributed by atoms with Crippen LogP contribution >= 0.6 is 11.3 Å². The third kappa shape index (κ3) is 3.45. The van der Waals surface area contributed by atoms with Crippen molar-refractivity contribution in [2.24, 2.45) is 0 Å². The van der Waals surface area contributed by atoms with Crippen molar-refractivity contribution < 1.29 is 0 Å². The van der Waals surface area contributed by atoms with Crippen molar-refractivity contribution in [2.45, 2.75) is 25.8 Å². The Morgan fingerprint density at radius 1 is 1.07 bits per heavy atom. The predicted molar refractivity (Wildman–Crippen MR) is 115 cm³/mol. The highest BCUT2D eigenvalue weighted by atomic mass is 32.1. The smallest absolute Gasteiger partial charge is 0.183 e. The molecule has 4 aromatic rings. The molecular formula is C22H24N4S. The summed E-state index contributed by atoms with van der Waals surface area (Å²) in [5, 5.41) is 5.93. The minimum Gasteiger partial charge on any atom is -0.361 e. The van der Waals surface area contributed by atoms with Gasteiger partial charge >= 0.3 is 0 Å². The van der Waals surface area contributed by atoms with E-state index in [1.165, 1.54) is 46.2 Å². The first-order chi connectivity index (χ1) is 13.4. The van der Waals surface area contributed by atoms with E-state index in [4.69, 9.17) is 0 Å². The first-order valence-corrected chi connectivity index (χ1v) is 10.6. The van der Waals surface area contributed by atoms with Gasteiger partial charge < -0.3 is 10.3 Å². The Hall–Kier alpha value is -2.37. The van der Waals surface area contributed by atoms with Crippen LogP contribution in [0.25, 0.3) is 21.1 Å². The molecule has 4 nitrogen and oxygen atoms in total. The summed E-state index contributed by atoms with van der Waals surface area (Å²) in [6.07, 6.45) is 3.52. The summed E-state index contributed by atoms with van der Waals surface area (Å²) in [5.74, 6) is 0. The van der Waals surface area contributed by atoms with E-state index in [9.17, 15) is 0 Å². The number of hydrogen-bond donors (Lipinski definition) is 2. The average Bonchev–Trinajstić information content (AvgIpc) is 3.28. The van der Waals surface area contributed by atoms with Crippen molar-refractivity contribution in [3.63, 3.8) is 0 Å². The summed E-state index contributed by atoms with van der Waals surface area (Å²) in [6.45, 7) is 4.39. The third-order valence-electron chi connectivity index (χ3n) is 5.43. The first kappa shape index (κ1) is 16.8. The molecule has 2 aromatic heterocycles. The standard InChI is InChI=1S/C22H24N4S/c1-2-8-18-16(7-1)17-15-26(14-11-19(17)24-18)13-6-5-12-23-22-25-20-9-3-4-10-21(20)27-22/h1-4,7-10,24H,5-6,11-15H2,(H,23,25). The van der Waals surface area contributed by atoms with Crippen LogP contribution in [0.15, 0.2) is 48.5 Å². The predicted octanol–water partition coefficient (Wildman–Crippen LogP) is 5.03. The second-order valence-corrected chi connectivity index (χ2v) is 8.31. The van der Waals surface area contributed by atoms with Gasteiger partial charge in [-0.2, -0.15) is 0 Å². The quantitative estimate of drug-likeness (QED) is 0.464. The summed E-state index contributed by atoms with van der Waals surface area (Å²) in [5.41, 5.74) is 5.31. The maximum atomic E-state index is 4.64. The Kier molecular flexibility index (Phi) is 4.56. The lowest BCUT2D eigenvalue weighted by atomic mass is 10.0. The van der Waals surface area contributed by atoms with Gasteiger partial charge in [0.2, 0.25) is 0 Å². The summed E-state index contributed by atoms with van der Waals surface area (Å²) < 4.78 is 1.25. The monoisotopic (exact) mass is 376 g/mol. The molecule has 2 aromatic carbocycles. The van der Waals surface area contributed by atoms with Crippen LogP contribution in [0.1, 0.15) is 24.1 Å². The number of unbranched alkanes of at least 4 members (excludes halogenated alkanes) is 1. The molecule has 0 fully saturated rings.